The van der Waals surface area contributed by atoms with E-state index in [0.29, 0.717) is 18.4 Å². The second kappa shape index (κ2) is 6.37. The lowest BCUT2D eigenvalue weighted by atomic mass is 9.88. The van der Waals surface area contributed by atoms with Crippen molar-refractivity contribution in [3.05, 3.63) is 29.8 Å². The first kappa shape index (κ1) is 16.3. The van der Waals surface area contributed by atoms with E-state index in [4.69, 9.17) is 10.5 Å². The fourth-order valence-electron chi connectivity index (χ4n) is 2.92. The van der Waals surface area contributed by atoms with Gasteiger partial charge in [-0.15, -0.1) is 0 Å². The second-order valence-electron chi connectivity index (χ2n) is 7.41. The van der Waals surface area contributed by atoms with Gasteiger partial charge in [0.15, 0.2) is 0 Å². The fourth-order valence-corrected chi connectivity index (χ4v) is 2.92. The van der Waals surface area contributed by atoms with Crippen LogP contribution in [0.1, 0.15) is 45.6 Å². The molecule has 1 aromatic carbocycles. The lowest BCUT2D eigenvalue weighted by Crippen LogP contribution is -2.29. The van der Waals surface area contributed by atoms with Gasteiger partial charge in [-0.3, -0.25) is 0 Å². The summed E-state index contributed by atoms with van der Waals surface area (Å²) in [5.41, 5.74) is 7.26. The molecule has 1 aromatic rings. The number of hydrogen-bond donors (Lipinski definition) is 2. The summed E-state index contributed by atoms with van der Waals surface area (Å²) in [6.07, 6.45) is 0.729. The van der Waals surface area contributed by atoms with Gasteiger partial charge in [-0.05, 0) is 41.4 Å². The maximum atomic E-state index is 10.6. The molecule has 0 amide bonds. The topological polar surface area (TPSA) is 55.5 Å². The molecule has 0 spiro atoms. The van der Waals surface area contributed by atoms with E-state index in [9.17, 15) is 5.11 Å². The highest BCUT2D eigenvalue weighted by atomic mass is 16.5. The molecule has 3 heteroatoms. The molecule has 0 saturated heterocycles. The average molecular weight is 291 g/mol. The molecular weight excluding hydrogens is 262 g/mol. The second-order valence-corrected chi connectivity index (χ2v) is 7.41. The van der Waals surface area contributed by atoms with Crippen molar-refractivity contribution in [1.82, 2.24) is 0 Å². The molecular formula is C18H29NO2. The highest BCUT2D eigenvalue weighted by Crippen LogP contribution is 2.55. The summed E-state index contributed by atoms with van der Waals surface area (Å²) in [6, 6.07) is 8.02. The van der Waals surface area contributed by atoms with Crippen molar-refractivity contribution in [3.63, 3.8) is 0 Å². The van der Waals surface area contributed by atoms with Crippen molar-refractivity contribution in [2.45, 2.75) is 46.1 Å². The molecule has 0 bridgehead atoms. The third-order valence-electron chi connectivity index (χ3n) is 4.56. The molecule has 2 rings (SSSR count). The van der Waals surface area contributed by atoms with Gasteiger partial charge in [0.05, 0.1) is 12.7 Å². The Morgan fingerprint density at radius 1 is 1.29 bits per heavy atom. The molecule has 1 saturated carbocycles. The minimum atomic E-state index is -0.354. The fraction of sp³-hybridized carbons (Fsp3) is 0.667. The minimum Gasteiger partial charge on any atom is -0.493 e. The quantitative estimate of drug-likeness (QED) is 0.811. The molecule has 3 N–H and O–H groups in total. The van der Waals surface area contributed by atoms with Crippen LogP contribution in [0.3, 0.4) is 0 Å². The highest BCUT2D eigenvalue weighted by Gasteiger charge is 2.51. The molecule has 0 aromatic heterocycles. The van der Waals surface area contributed by atoms with Crippen LogP contribution in [0.5, 0.6) is 5.75 Å². The predicted octanol–water partition coefficient (Wildman–Crippen LogP) is 3.17. The number of ether oxygens (including phenoxy) is 1. The van der Waals surface area contributed by atoms with E-state index >= 15 is 0 Å². The summed E-state index contributed by atoms with van der Waals surface area (Å²) in [4.78, 5) is 0. The van der Waals surface area contributed by atoms with Crippen LogP contribution in [-0.4, -0.2) is 24.4 Å². The van der Waals surface area contributed by atoms with Crippen molar-refractivity contribution in [2.75, 3.05) is 13.2 Å². The number of benzene rings is 1. The van der Waals surface area contributed by atoms with Crippen LogP contribution >= 0.6 is 0 Å². The predicted molar refractivity (Wildman–Crippen MR) is 86.5 cm³/mol. The standard InChI is InChI=1S/C18H29NO2/c1-12(2)11-21-14-7-5-13(6-8-14)15(10-19)17(20)16-9-18(16,3)4/h5-8,12,15-17,20H,9-11,19H2,1-4H3. The first-order chi connectivity index (χ1) is 9.85. The van der Waals surface area contributed by atoms with Gasteiger partial charge in [0, 0.05) is 12.5 Å². The molecule has 0 radical (unpaired) electrons. The van der Waals surface area contributed by atoms with E-state index in [0.717, 1.165) is 24.3 Å². The Hall–Kier alpha value is -1.06. The Bertz CT molecular complexity index is 453. The van der Waals surface area contributed by atoms with Crippen molar-refractivity contribution < 1.29 is 9.84 Å². The van der Waals surface area contributed by atoms with Crippen LogP contribution < -0.4 is 10.5 Å². The van der Waals surface area contributed by atoms with Gasteiger partial charge < -0.3 is 15.6 Å². The van der Waals surface area contributed by atoms with Gasteiger partial charge in [-0.2, -0.15) is 0 Å². The smallest absolute Gasteiger partial charge is 0.119 e. The normalized spacial score (nSPS) is 22.9. The van der Waals surface area contributed by atoms with E-state index in [2.05, 4.69) is 27.7 Å². The van der Waals surface area contributed by atoms with E-state index in [1.165, 1.54) is 0 Å². The van der Waals surface area contributed by atoms with E-state index in [-0.39, 0.29) is 17.4 Å². The van der Waals surface area contributed by atoms with Crippen molar-refractivity contribution >= 4 is 0 Å². The molecule has 1 fully saturated rings. The van der Waals surface area contributed by atoms with Crippen LogP contribution in [0.15, 0.2) is 24.3 Å². The number of aliphatic hydroxyl groups is 1. The molecule has 3 nitrogen and oxygen atoms in total. The average Bonchev–Trinajstić information content (AvgIpc) is 3.07. The zero-order chi connectivity index (χ0) is 15.6. The number of nitrogens with two attached hydrogens (primary N) is 1. The van der Waals surface area contributed by atoms with Gasteiger partial charge in [0.25, 0.3) is 0 Å². The molecule has 0 heterocycles. The summed E-state index contributed by atoms with van der Waals surface area (Å²) in [7, 11) is 0. The number of rotatable bonds is 7. The van der Waals surface area contributed by atoms with E-state index in [1.807, 2.05) is 24.3 Å². The van der Waals surface area contributed by atoms with Crippen LogP contribution in [-0.2, 0) is 0 Å². The summed E-state index contributed by atoms with van der Waals surface area (Å²) in [6.45, 7) is 9.87. The van der Waals surface area contributed by atoms with E-state index < -0.39 is 0 Å². The van der Waals surface area contributed by atoms with Crippen molar-refractivity contribution in [3.8, 4) is 5.75 Å². The Morgan fingerprint density at radius 3 is 2.29 bits per heavy atom. The zero-order valence-electron chi connectivity index (χ0n) is 13.7. The van der Waals surface area contributed by atoms with Gasteiger partial charge in [0.1, 0.15) is 5.75 Å². The summed E-state index contributed by atoms with van der Waals surface area (Å²) in [5, 5.41) is 10.6. The molecule has 1 aliphatic carbocycles. The summed E-state index contributed by atoms with van der Waals surface area (Å²) >= 11 is 0. The van der Waals surface area contributed by atoms with Crippen molar-refractivity contribution in [2.24, 2.45) is 23.0 Å². The Morgan fingerprint density at radius 2 is 1.86 bits per heavy atom. The maximum Gasteiger partial charge on any atom is 0.119 e. The van der Waals surface area contributed by atoms with Gasteiger partial charge in [-0.1, -0.05) is 39.8 Å². The minimum absolute atomic E-state index is 0.0101. The molecule has 21 heavy (non-hydrogen) atoms. The zero-order valence-corrected chi connectivity index (χ0v) is 13.7. The molecule has 0 aliphatic heterocycles. The number of aliphatic hydroxyl groups excluding tert-OH is 1. The van der Waals surface area contributed by atoms with E-state index in [1.54, 1.807) is 0 Å². The Labute approximate surface area is 128 Å². The van der Waals surface area contributed by atoms with Gasteiger partial charge in [0.2, 0.25) is 0 Å². The van der Waals surface area contributed by atoms with Crippen LogP contribution in [0.25, 0.3) is 0 Å². The number of hydrogen-bond acceptors (Lipinski definition) is 3. The van der Waals surface area contributed by atoms with Crippen LogP contribution in [0, 0.1) is 17.3 Å². The molecule has 3 unspecified atom stereocenters. The third kappa shape index (κ3) is 3.98. The molecule has 118 valence electrons. The molecule has 1 aliphatic rings. The first-order valence-corrected chi connectivity index (χ1v) is 7.96. The summed E-state index contributed by atoms with van der Waals surface area (Å²) in [5.74, 6) is 1.77. The monoisotopic (exact) mass is 291 g/mol. The Kier molecular flexibility index (Phi) is 4.95. The maximum absolute atomic E-state index is 10.6. The SMILES string of the molecule is CC(C)COc1ccc(C(CN)C(O)C2CC2(C)C)cc1. The lowest BCUT2D eigenvalue weighted by molar-refractivity contribution is 0.109. The Balaban J connectivity index is 2.02. The summed E-state index contributed by atoms with van der Waals surface area (Å²) < 4.78 is 5.70. The largest absolute Gasteiger partial charge is 0.493 e. The third-order valence-corrected chi connectivity index (χ3v) is 4.56. The lowest BCUT2D eigenvalue weighted by Gasteiger charge is -2.23. The van der Waals surface area contributed by atoms with Crippen LogP contribution in [0.4, 0.5) is 0 Å². The van der Waals surface area contributed by atoms with Gasteiger partial charge in [-0.25, -0.2) is 0 Å². The first-order valence-electron chi connectivity index (χ1n) is 7.96. The van der Waals surface area contributed by atoms with Crippen LogP contribution in [0.2, 0.25) is 0 Å². The van der Waals surface area contributed by atoms with Crippen molar-refractivity contribution in [1.29, 1.82) is 0 Å². The molecule has 3 atom stereocenters. The van der Waals surface area contributed by atoms with Gasteiger partial charge >= 0.3 is 0 Å². The highest BCUT2D eigenvalue weighted by molar-refractivity contribution is 5.31.